The van der Waals surface area contributed by atoms with E-state index in [-0.39, 0.29) is 32.3 Å². The van der Waals surface area contributed by atoms with Crippen LogP contribution < -0.4 is 0 Å². The molecule has 216 valence electrons. The van der Waals surface area contributed by atoms with E-state index in [1.165, 1.54) is 0 Å². The van der Waals surface area contributed by atoms with E-state index in [1.54, 1.807) is 0 Å². The first-order chi connectivity index (χ1) is 20.1. The number of benzene rings is 3. The van der Waals surface area contributed by atoms with Crippen LogP contribution in [0.2, 0.25) is 0 Å². The van der Waals surface area contributed by atoms with E-state index in [9.17, 15) is 9.59 Å². The fraction of sp³-hybridized carbons (Fsp3) is 0.394. The van der Waals surface area contributed by atoms with Crippen molar-refractivity contribution in [2.45, 2.75) is 62.7 Å². The van der Waals surface area contributed by atoms with E-state index in [2.05, 4.69) is 0 Å². The first-order valence-electron chi connectivity index (χ1n) is 14.0. The van der Waals surface area contributed by atoms with Gasteiger partial charge in [-0.1, -0.05) is 91.0 Å². The fourth-order valence-electron chi connectivity index (χ4n) is 5.12. The number of carbonyl (C=O) groups excluding carboxylic acids is 2. The Bertz CT molecular complexity index is 1240. The van der Waals surface area contributed by atoms with Crippen molar-refractivity contribution in [1.82, 2.24) is 0 Å². The summed E-state index contributed by atoms with van der Waals surface area (Å²) in [6.45, 7) is 1.28. The second-order valence-electron chi connectivity index (χ2n) is 10.5. The third-order valence-corrected chi connectivity index (χ3v) is 7.31. The van der Waals surface area contributed by atoms with Gasteiger partial charge in [-0.25, -0.2) is 4.79 Å². The van der Waals surface area contributed by atoms with Crippen LogP contribution in [-0.2, 0) is 57.8 Å². The van der Waals surface area contributed by atoms with Crippen LogP contribution in [0.4, 0.5) is 0 Å². The summed E-state index contributed by atoms with van der Waals surface area (Å²) >= 11 is 0. The van der Waals surface area contributed by atoms with Crippen LogP contribution in [0, 0.1) is 0 Å². The SMILES string of the molecule is O=CCC1(COCc2ccccc2)CO[C@@]2(CC[C@H](COCc3ccccc3)O2)C(C(=O)OCc2ccccc2)O1. The minimum Gasteiger partial charge on any atom is -0.459 e. The van der Waals surface area contributed by atoms with Crippen molar-refractivity contribution < 1.29 is 38.0 Å². The van der Waals surface area contributed by atoms with Gasteiger partial charge in [0, 0.05) is 12.8 Å². The molecule has 0 amide bonds. The summed E-state index contributed by atoms with van der Waals surface area (Å²) in [5, 5.41) is 0. The van der Waals surface area contributed by atoms with Crippen molar-refractivity contribution in [3.05, 3.63) is 108 Å². The molecule has 2 aliphatic rings. The highest BCUT2D eigenvalue weighted by molar-refractivity contribution is 5.76. The Labute approximate surface area is 240 Å². The number of esters is 1. The Hall–Kier alpha value is -3.40. The smallest absolute Gasteiger partial charge is 0.341 e. The Morgan fingerprint density at radius 2 is 1.39 bits per heavy atom. The topological polar surface area (TPSA) is 89.5 Å². The number of ether oxygens (including phenoxy) is 6. The van der Waals surface area contributed by atoms with E-state index in [1.807, 2.05) is 91.0 Å². The lowest BCUT2D eigenvalue weighted by Gasteiger charge is -2.47. The highest BCUT2D eigenvalue weighted by atomic mass is 16.8. The molecule has 2 fully saturated rings. The number of aldehydes is 1. The molecule has 2 saturated heterocycles. The van der Waals surface area contributed by atoms with Crippen molar-refractivity contribution >= 4 is 12.3 Å². The Kier molecular flexibility index (Phi) is 9.92. The van der Waals surface area contributed by atoms with Crippen molar-refractivity contribution in [1.29, 1.82) is 0 Å². The second kappa shape index (κ2) is 14.0. The molecule has 0 N–H and O–H groups in total. The van der Waals surface area contributed by atoms with Gasteiger partial charge in [-0.3, -0.25) is 0 Å². The Morgan fingerprint density at radius 3 is 2.00 bits per heavy atom. The van der Waals surface area contributed by atoms with Crippen LogP contribution in [0.25, 0.3) is 0 Å². The fourth-order valence-corrected chi connectivity index (χ4v) is 5.12. The van der Waals surface area contributed by atoms with Crippen molar-refractivity contribution in [2.24, 2.45) is 0 Å². The molecule has 8 heteroatoms. The molecule has 2 unspecified atom stereocenters. The van der Waals surface area contributed by atoms with Gasteiger partial charge in [0.15, 0.2) is 0 Å². The first-order valence-corrected chi connectivity index (χ1v) is 14.0. The van der Waals surface area contributed by atoms with E-state index >= 15 is 0 Å². The molecule has 4 atom stereocenters. The number of rotatable bonds is 13. The van der Waals surface area contributed by atoms with E-state index in [0.29, 0.717) is 32.7 Å². The lowest BCUT2D eigenvalue weighted by Crippen LogP contribution is -2.63. The van der Waals surface area contributed by atoms with Crippen molar-refractivity contribution in [3.8, 4) is 0 Å². The first kappa shape index (κ1) is 29.1. The summed E-state index contributed by atoms with van der Waals surface area (Å²) in [7, 11) is 0. The van der Waals surface area contributed by atoms with Gasteiger partial charge >= 0.3 is 5.97 Å². The standard InChI is InChI=1S/C33H36O8/c34-19-18-32(24-37-21-27-12-6-2-7-13-27)25-39-33(30(41-32)31(35)38-22-28-14-8-3-9-15-28)17-16-29(40-33)23-36-20-26-10-4-1-5-11-26/h1-15,19,29-30H,16-18,20-25H2/t29-,30?,32?,33-/m1/s1. The maximum Gasteiger partial charge on any atom is 0.341 e. The monoisotopic (exact) mass is 560 g/mol. The quantitative estimate of drug-likeness (QED) is 0.218. The molecular formula is C33H36O8. The number of carbonyl (C=O) groups is 2. The lowest BCUT2D eigenvalue weighted by atomic mass is 9.96. The molecule has 0 radical (unpaired) electrons. The summed E-state index contributed by atoms with van der Waals surface area (Å²) in [6.07, 6.45) is 0.281. The third-order valence-electron chi connectivity index (χ3n) is 7.31. The molecule has 0 aromatic heterocycles. The van der Waals surface area contributed by atoms with E-state index < -0.39 is 23.5 Å². The molecule has 41 heavy (non-hydrogen) atoms. The van der Waals surface area contributed by atoms with Crippen LogP contribution in [0.15, 0.2) is 91.0 Å². The molecule has 0 aliphatic carbocycles. The van der Waals surface area contributed by atoms with E-state index in [4.69, 9.17) is 28.4 Å². The average Bonchev–Trinajstić information content (AvgIpc) is 3.42. The molecule has 1 spiro atoms. The van der Waals surface area contributed by atoms with Gasteiger partial charge in [0.25, 0.3) is 0 Å². The zero-order valence-electron chi connectivity index (χ0n) is 23.0. The zero-order valence-corrected chi connectivity index (χ0v) is 23.0. The lowest BCUT2D eigenvalue weighted by molar-refractivity contribution is -0.358. The molecule has 2 aliphatic heterocycles. The van der Waals surface area contributed by atoms with Gasteiger partial charge in [0.05, 0.1) is 39.1 Å². The van der Waals surface area contributed by atoms with Crippen LogP contribution in [0.1, 0.15) is 36.0 Å². The molecule has 8 nitrogen and oxygen atoms in total. The molecule has 3 aromatic carbocycles. The largest absolute Gasteiger partial charge is 0.459 e. The summed E-state index contributed by atoms with van der Waals surface area (Å²) < 4.78 is 36.7. The molecule has 0 saturated carbocycles. The van der Waals surface area contributed by atoms with Crippen molar-refractivity contribution in [2.75, 3.05) is 19.8 Å². The molecule has 0 bridgehead atoms. The molecular weight excluding hydrogens is 524 g/mol. The Balaban J connectivity index is 1.27. The summed E-state index contributed by atoms with van der Waals surface area (Å²) in [6, 6.07) is 29.0. The van der Waals surface area contributed by atoms with Crippen LogP contribution in [0.3, 0.4) is 0 Å². The molecule has 2 heterocycles. The van der Waals surface area contributed by atoms with E-state index in [0.717, 1.165) is 23.0 Å². The third kappa shape index (κ3) is 7.67. The van der Waals surface area contributed by atoms with Gasteiger partial charge in [-0.05, 0) is 23.1 Å². The highest BCUT2D eigenvalue weighted by Gasteiger charge is 2.59. The van der Waals surface area contributed by atoms with Crippen LogP contribution in [0.5, 0.6) is 0 Å². The maximum atomic E-state index is 13.6. The number of hydrogen-bond acceptors (Lipinski definition) is 8. The van der Waals surface area contributed by atoms with Gasteiger partial charge in [-0.15, -0.1) is 0 Å². The minimum absolute atomic E-state index is 0.00997. The van der Waals surface area contributed by atoms with Gasteiger partial charge in [-0.2, -0.15) is 0 Å². The van der Waals surface area contributed by atoms with Crippen LogP contribution in [-0.4, -0.2) is 55.7 Å². The van der Waals surface area contributed by atoms with Gasteiger partial charge in [0.1, 0.15) is 18.5 Å². The Morgan fingerprint density at radius 1 is 0.805 bits per heavy atom. The van der Waals surface area contributed by atoms with Gasteiger partial charge < -0.3 is 33.2 Å². The predicted molar refractivity (Wildman–Crippen MR) is 150 cm³/mol. The zero-order chi connectivity index (χ0) is 28.4. The minimum atomic E-state index is -1.35. The maximum absolute atomic E-state index is 13.6. The van der Waals surface area contributed by atoms with Crippen LogP contribution >= 0.6 is 0 Å². The average molecular weight is 561 g/mol. The number of hydrogen-bond donors (Lipinski definition) is 0. The second-order valence-corrected chi connectivity index (χ2v) is 10.5. The normalized spacial score (nSPS) is 25.7. The highest BCUT2D eigenvalue weighted by Crippen LogP contribution is 2.43. The summed E-state index contributed by atoms with van der Waals surface area (Å²) in [5.41, 5.74) is 1.73. The molecule has 3 aromatic rings. The molecule has 5 rings (SSSR count). The van der Waals surface area contributed by atoms with Crippen molar-refractivity contribution in [3.63, 3.8) is 0 Å². The summed E-state index contributed by atoms with van der Waals surface area (Å²) in [4.78, 5) is 25.3. The van der Waals surface area contributed by atoms with Gasteiger partial charge in [0.2, 0.25) is 11.9 Å². The predicted octanol–water partition coefficient (Wildman–Crippen LogP) is 4.78. The summed E-state index contributed by atoms with van der Waals surface area (Å²) in [5.74, 6) is -1.96.